The van der Waals surface area contributed by atoms with Gasteiger partial charge in [0.05, 0.1) is 17.1 Å². The third-order valence-electron chi connectivity index (χ3n) is 10.4. The fraction of sp³-hybridized carbons (Fsp3) is 0.0870. The SMILES string of the molecule is C1=C(C2=Cc3ccccc3C3Oc4cc(-c5nc(-c6ccccc6)c6ccccc6n5)ccc4C23)CCC(c2ccc3ccccc3c2)=C1. The van der Waals surface area contributed by atoms with Gasteiger partial charge in [0.15, 0.2) is 5.82 Å². The van der Waals surface area contributed by atoms with Crippen LogP contribution in [0.15, 0.2) is 163 Å². The predicted molar refractivity (Wildman–Crippen MR) is 200 cm³/mol. The van der Waals surface area contributed by atoms with Gasteiger partial charge in [-0.2, -0.15) is 0 Å². The van der Waals surface area contributed by atoms with Crippen LogP contribution in [0.4, 0.5) is 0 Å². The molecule has 7 aromatic rings. The molecule has 3 aliphatic rings. The number of benzene rings is 6. The Morgan fingerprint density at radius 1 is 0.551 bits per heavy atom. The van der Waals surface area contributed by atoms with Crippen molar-refractivity contribution in [3.8, 4) is 28.4 Å². The van der Waals surface area contributed by atoms with Gasteiger partial charge < -0.3 is 4.74 Å². The molecule has 0 saturated heterocycles. The molecular formula is C46H32N2O. The molecule has 3 nitrogen and oxygen atoms in total. The van der Waals surface area contributed by atoms with Crippen molar-refractivity contribution < 1.29 is 4.74 Å². The summed E-state index contributed by atoms with van der Waals surface area (Å²) in [5, 5.41) is 3.61. The second-order valence-corrected chi connectivity index (χ2v) is 13.2. The van der Waals surface area contributed by atoms with E-state index in [1.165, 1.54) is 49.7 Å². The second kappa shape index (κ2) is 11.3. The quantitative estimate of drug-likeness (QED) is 0.195. The van der Waals surface area contributed by atoms with Crippen molar-refractivity contribution in [3.63, 3.8) is 0 Å². The van der Waals surface area contributed by atoms with Crippen LogP contribution >= 0.6 is 0 Å². The topological polar surface area (TPSA) is 35.0 Å². The van der Waals surface area contributed by atoms with Crippen molar-refractivity contribution in [2.24, 2.45) is 0 Å². The van der Waals surface area contributed by atoms with Crippen LogP contribution in [0.2, 0.25) is 0 Å². The zero-order valence-corrected chi connectivity index (χ0v) is 26.9. The van der Waals surface area contributed by atoms with Crippen molar-refractivity contribution in [1.29, 1.82) is 0 Å². The van der Waals surface area contributed by atoms with E-state index in [1.807, 2.05) is 18.2 Å². The number of ether oxygens (including phenoxy) is 1. The van der Waals surface area contributed by atoms with Gasteiger partial charge in [0.25, 0.3) is 0 Å². The molecule has 232 valence electrons. The molecule has 2 atom stereocenters. The molecule has 1 aromatic heterocycles. The van der Waals surface area contributed by atoms with Gasteiger partial charge in [0.1, 0.15) is 11.9 Å². The van der Waals surface area contributed by atoms with Crippen LogP contribution in [0.1, 0.15) is 47.1 Å². The normalized spacial score (nSPS) is 17.8. The Kier molecular flexibility index (Phi) is 6.45. The minimum absolute atomic E-state index is 0.0781. The lowest BCUT2D eigenvalue weighted by molar-refractivity contribution is 0.220. The van der Waals surface area contributed by atoms with Crippen LogP contribution in [0.25, 0.3) is 56.0 Å². The first-order valence-corrected chi connectivity index (χ1v) is 17.1. The number of fused-ring (bicyclic) bond motifs is 7. The van der Waals surface area contributed by atoms with Crippen LogP contribution in [0, 0.1) is 0 Å². The van der Waals surface area contributed by atoms with E-state index in [4.69, 9.17) is 14.7 Å². The molecule has 2 heterocycles. The number of para-hydroxylation sites is 1. The molecule has 0 bridgehead atoms. The Balaban J connectivity index is 1.04. The lowest BCUT2D eigenvalue weighted by atomic mass is 9.74. The average molecular weight is 629 g/mol. The first-order chi connectivity index (χ1) is 24.3. The molecule has 1 aliphatic heterocycles. The van der Waals surface area contributed by atoms with Gasteiger partial charge in [-0.15, -0.1) is 0 Å². The Morgan fingerprint density at radius 2 is 1.31 bits per heavy atom. The van der Waals surface area contributed by atoms with Gasteiger partial charge in [-0.1, -0.05) is 140 Å². The standard InChI is InChI=1S/C46H32N2O/c1-2-11-32(12-3-1)44-38-16-8-9-17-41(38)47-46(48-44)36-24-25-39-42(28-36)49-45-37-15-7-6-14-35(37)27-40(43(39)45)31-21-18-30(19-22-31)34-23-20-29-10-4-5-13-33(29)26-34/h1-18,20-21,23-28,43,45H,19,22H2. The molecule has 10 rings (SSSR count). The molecular weight excluding hydrogens is 597 g/mol. The van der Waals surface area contributed by atoms with E-state index in [9.17, 15) is 0 Å². The van der Waals surface area contributed by atoms with E-state index >= 15 is 0 Å². The monoisotopic (exact) mass is 628 g/mol. The summed E-state index contributed by atoms with van der Waals surface area (Å²) in [6, 6.07) is 49.3. The highest BCUT2D eigenvalue weighted by molar-refractivity contribution is 5.93. The number of allylic oxidation sites excluding steroid dienone is 4. The van der Waals surface area contributed by atoms with Crippen molar-refractivity contribution in [3.05, 3.63) is 185 Å². The summed E-state index contributed by atoms with van der Waals surface area (Å²) < 4.78 is 6.92. The van der Waals surface area contributed by atoms with Gasteiger partial charge in [0.2, 0.25) is 0 Å². The summed E-state index contributed by atoms with van der Waals surface area (Å²) in [5.41, 5.74) is 13.1. The number of hydrogen-bond acceptors (Lipinski definition) is 3. The highest BCUT2D eigenvalue weighted by Crippen LogP contribution is 2.56. The lowest BCUT2D eigenvalue weighted by Gasteiger charge is -2.31. The van der Waals surface area contributed by atoms with E-state index in [2.05, 4.69) is 140 Å². The molecule has 0 saturated carbocycles. The second-order valence-electron chi connectivity index (χ2n) is 13.2. The zero-order chi connectivity index (χ0) is 32.3. The summed E-state index contributed by atoms with van der Waals surface area (Å²) >= 11 is 0. The van der Waals surface area contributed by atoms with Crippen LogP contribution in [-0.4, -0.2) is 9.97 Å². The van der Waals surface area contributed by atoms with Gasteiger partial charge in [-0.3, -0.25) is 0 Å². The zero-order valence-electron chi connectivity index (χ0n) is 26.9. The third-order valence-corrected chi connectivity index (χ3v) is 10.4. The Hall–Kier alpha value is -6.06. The van der Waals surface area contributed by atoms with E-state index in [0.29, 0.717) is 5.82 Å². The maximum atomic E-state index is 6.92. The molecule has 0 radical (unpaired) electrons. The average Bonchev–Trinajstić information content (AvgIpc) is 3.57. The van der Waals surface area contributed by atoms with E-state index in [1.54, 1.807) is 0 Å². The van der Waals surface area contributed by atoms with Crippen molar-refractivity contribution in [2.45, 2.75) is 24.9 Å². The Morgan fingerprint density at radius 3 is 2.20 bits per heavy atom. The Labute approximate surface area is 285 Å². The molecule has 0 fully saturated rings. The predicted octanol–water partition coefficient (Wildman–Crippen LogP) is 11.5. The first-order valence-electron chi connectivity index (χ1n) is 17.1. The van der Waals surface area contributed by atoms with E-state index in [-0.39, 0.29) is 12.0 Å². The van der Waals surface area contributed by atoms with Gasteiger partial charge in [0, 0.05) is 27.6 Å². The highest BCUT2D eigenvalue weighted by Gasteiger charge is 2.42. The maximum Gasteiger partial charge on any atom is 0.160 e. The maximum absolute atomic E-state index is 6.92. The van der Waals surface area contributed by atoms with Crippen LogP contribution < -0.4 is 4.74 Å². The summed E-state index contributed by atoms with van der Waals surface area (Å²) in [4.78, 5) is 10.2. The van der Waals surface area contributed by atoms with E-state index < -0.39 is 0 Å². The molecule has 2 unspecified atom stereocenters. The molecule has 6 aromatic carbocycles. The number of nitrogens with zero attached hydrogens (tertiary/aromatic N) is 2. The molecule has 0 amide bonds. The van der Waals surface area contributed by atoms with Gasteiger partial charge in [-0.25, -0.2) is 9.97 Å². The van der Waals surface area contributed by atoms with E-state index in [0.717, 1.165) is 46.3 Å². The molecule has 0 N–H and O–H groups in total. The minimum Gasteiger partial charge on any atom is -0.484 e. The third kappa shape index (κ3) is 4.73. The number of hydrogen-bond donors (Lipinski definition) is 0. The minimum atomic E-state index is -0.0781. The van der Waals surface area contributed by atoms with Gasteiger partial charge in [-0.05, 0) is 69.7 Å². The molecule has 3 heteroatoms. The molecule has 2 aliphatic carbocycles. The fourth-order valence-corrected chi connectivity index (χ4v) is 7.95. The summed E-state index contributed by atoms with van der Waals surface area (Å²) in [5.74, 6) is 1.74. The van der Waals surface area contributed by atoms with Crippen LogP contribution in [0.3, 0.4) is 0 Å². The molecule has 0 spiro atoms. The molecule has 49 heavy (non-hydrogen) atoms. The Bertz CT molecular complexity index is 2540. The summed E-state index contributed by atoms with van der Waals surface area (Å²) in [6.45, 7) is 0. The number of rotatable bonds is 4. The van der Waals surface area contributed by atoms with Crippen molar-refractivity contribution >= 4 is 33.3 Å². The summed E-state index contributed by atoms with van der Waals surface area (Å²) in [7, 11) is 0. The first kappa shape index (κ1) is 28.0. The van der Waals surface area contributed by atoms with Crippen molar-refractivity contribution in [1.82, 2.24) is 9.97 Å². The lowest BCUT2D eigenvalue weighted by Crippen LogP contribution is -2.18. The smallest absolute Gasteiger partial charge is 0.160 e. The van der Waals surface area contributed by atoms with Crippen LogP contribution in [-0.2, 0) is 0 Å². The van der Waals surface area contributed by atoms with Crippen molar-refractivity contribution in [2.75, 3.05) is 0 Å². The highest BCUT2D eigenvalue weighted by atomic mass is 16.5. The summed E-state index contributed by atoms with van der Waals surface area (Å²) in [6.07, 6.45) is 9.02. The largest absolute Gasteiger partial charge is 0.484 e. The fourth-order valence-electron chi connectivity index (χ4n) is 7.95. The van der Waals surface area contributed by atoms with Crippen LogP contribution in [0.5, 0.6) is 5.75 Å². The van der Waals surface area contributed by atoms with Gasteiger partial charge >= 0.3 is 0 Å². The number of aromatic nitrogens is 2.